The number of rotatable bonds is 4. The lowest BCUT2D eigenvalue weighted by molar-refractivity contribution is -0.173. The number of carbonyl (C=O) groups excluding carboxylic acids is 1. The fourth-order valence-corrected chi connectivity index (χ4v) is 4.23. The molecule has 0 fully saturated rings. The highest BCUT2D eigenvalue weighted by atomic mass is 79.9. The zero-order valence-electron chi connectivity index (χ0n) is 14.9. The van der Waals surface area contributed by atoms with Crippen LogP contribution in [-0.2, 0) is 6.54 Å². The lowest BCUT2D eigenvalue weighted by Gasteiger charge is -2.34. The molecule has 2 atom stereocenters. The van der Waals surface area contributed by atoms with Gasteiger partial charge < -0.3 is 10.6 Å². The van der Waals surface area contributed by atoms with Gasteiger partial charge in [-0.3, -0.25) is 4.79 Å². The zero-order chi connectivity index (χ0) is 20.6. The summed E-state index contributed by atoms with van der Waals surface area (Å²) in [5, 5.41) is 11.6. The number of fused-ring (bicyclic) bond motifs is 1. The van der Waals surface area contributed by atoms with Crippen molar-refractivity contribution in [3.63, 3.8) is 0 Å². The molecule has 1 aliphatic heterocycles. The minimum atomic E-state index is -4.48. The Bertz CT molecular complexity index is 1000. The molecule has 5 nitrogen and oxygen atoms in total. The van der Waals surface area contributed by atoms with Crippen LogP contribution in [0.5, 0.6) is 0 Å². The lowest BCUT2D eigenvalue weighted by Crippen LogP contribution is -2.36. The van der Waals surface area contributed by atoms with Crippen molar-refractivity contribution in [1.82, 2.24) is 15.1 Å². The maximum Gasteiger partial charge on any atom is 0.410 e. The first-order valence-corrected chi connectivity index (χ1v) is 10.5. The minimum absolute atomic E-state index is 0.0789. The number of halogens is 4. The quantitative estimate of drug-likeness (QED) is 0.528. The number of hydrogen-bond donors (Lipinski definition) is 2. The van der Waals surface area contributed by atoms with Crippen LogP contribution in [0.25, 0.3) is 0 Å². The first-order valence-electron chi connectivity index (χ1n) is 8.79. The van der Waals surface area contributed by atoms with Gasteiger partial charge in [0.2, 0.25) is 0 Å². The van der Waals surface area contributed by atoms with Crippen molar-refractivity contribution in [1.29, 1.82) is 0 Å². The van der Waals surface area contributed by atoms with Crippen LogP contribution >= 0.6 is 27.3 Å². The van der Waals surface area contributed by atoms with E-state index in [0.29, 0.717) is 12.1 Å². The van der Waals surface area contributed by atoms with Crippen molar-refractivity contribution in [2.45, 2.75) is 31.2 Å². The maximum absolute atomic E-state index is 13.7. The number of alkyl halides is 3. The van der Waals surface area contributed by atoms with Gasteiger partial charge in [-0.2, -0.15) is 18.3 Å². The minimum Gasteiger partial charge on any atom is -0.363 e. The molecular weight excluding hydrogens is 469 g/mol. The number of amides is 1. The van der Waals surface area contributed by atoms with E-state index >= 15 is 0 Å². The largest absolute Gasteiger partial charge is 0.410 e. The van der Waals surface area contributed by atoms with Crippen LogP contribution in [-0.4, -0.2) is 21.9 Å². The van der Waals surface area contributed by atoms with Gasteiger partial charge in [0.15, 0.2) is 6.04 Å². The standard InChI is InChI=1S/C19H16BrF3N4OS/c20-12-5-3-11(4-6-12)15-8-16(19(21,22)23)27-17(26-15)14(10-25-27)18(28)24-9-13-2-1-7-29-13/h1-7,10,15-16,26H,8-9H2,(H,24,28)/t15-,16+/m0/s1. The molecule has 1 aliphatic rings. The van der Waals surface area contributed by atoms with E-state index in [1.165, 1.54) is 17.5 Å². The van der Waals surface area contributed by atoms with Gasteiger partial charge >= 0.3 is 6.18 Å². The van der Waals surface area contributed by atoms with Crippen molar-refractivity contribution in [3.05, 3.63) is 68.5 Å². The fraction of sp³-hybridized carbons (Fsp3) is 0.263. The van der Waals surface area contributed by atoms with Gasteiger partial charge in [0.1, 0.15) is 11.4 Å². The number of anilines is 1. The molecule has 2 aromatic heterocycles. The average Bonchev–Trinajstić information content (AvgIpc) is 3.35. The van der Waals surface area contributed by atoms with E-state index in [2.05, 4.69) is 31.7 Å². The molecule has 1 amide bonds. The number of carbonyl (C=O) groups is 1. The van der Waals surface area contributed by atoms with E-state index in [0.717, 1.165) is 14.0 Å². The highest BCUT2D eigenvalue weighted by molar-refractivity contribution is 9.10. The molecule has 2 N–H and O–H groups in total. The molecule has 29 heavy (non-hydrogen) atoms. The average molecular weight is 485 g/mol. The van der Waals surface area contributed by atoms with Crippen molar-refractivity contribution < 1.29 is 18.0 Å². The molecule has 4 rings (SSSR count). The number of aromatic nitrogens is 2. The summed E-state index contributed by atoms with van der Waals surface area (Å²) in [7, 11) is 0. The van der Waals surface area contributed by atoms with Crippen LogP contribution in [0.4, 0.5) is 19.0 Å². The summed E-state index contributed by atoms with van der Waals surface area (Å²) < 4.78 is 42.9. The predicted molar refractivity (Wildman–Crippen MR) is 108 cm³/mol. The van der Waals surface area contributed by atoms with E-state index in [1.807, 2.05) is 17.5 Å². The van der Waals surface area contributed by atoms with E-state index in [1.54, 1.807) is 24.3 Å². The van der Waals surface area contributed by atoms with Gasteiger partial charge in [-0.1, -0.05) is 34.1 Å². The van der Waals surface area contributed by atoms with Crippen LogP contribution in [0.3, 0.4) is 0 Å². The van der Waals surface area contributed by atoms with Crippen LogP contribution in [0, 0.1) is 0 Å². The fourth-order valence-electron chi connectivity index (χ4n) is 3.32. The zero-order valence-corrected chi connectivity index (χ0v) is 17.3. The van der Waals surface area contributed by atoms with E-state index < -0.39 is 24.2 Å². The molecule has 0 radical (unpaired) electrons. The third-order valence-electron chi connectivity index (χ3n) is 4.76. The van der Waals surface area contributed by atoms with Crippen LogP contribution in [0.2, 0.25) is 0 Å². The second kappa shape index (κ2) is 7.83. The summed E-state index contributed by atoms with van der Waals surface area (Å²) in [5.74, 6) is -0.389. The Morgan fingerprint density at radius 2 is 2.07 bits per heavy atom. The molecule has 0 spiro atoms. The molecule has 3 heterocycles. The predicted octanol–water partition coefficient (Wildman–Crippen LogP) is 5.30. The summed E-state index contributed by atoms with van der Waals surface area (Å²) >= 11 is 4.82. The monoisotopic (exact) mass is 484 g/mol. The number of nitrogens with zero attached hydrogens (tertiary/aromatic N) is 2. The molecule has 0 aliphatic carbocycles. The highest BCUT2D eigenvalue weighted by Gasteiger charge is 2.47. The Kier molecular flexibility index (Phi) is 5.39. The molecular formula is C19H16BrF3N4OS. The second-order valence-electron chi connectivity index (χ2n) is 6.66. The van der Waals surface area contributed by atoms with E-state index in [4.69, 9.17) is 0 Å². The molecule has 1 aromatic carbocycles. The van der Waals surface area contributed by atoms with Gasteiger partial charge in [0, 0.05) is 15.8 Å². The summed E-state index contributed by atoms with van der Waals surface area (Å²) in [6.45, 7) is 0.306. The van der Waals surface area contributed by atoms with E-state index in [-0.39, 0.29) is 17.8 Å². The summed E-state index contributed by atoms with van der Waals surface area (Å²) in [4.78, 5) is 13.6. The van der Waals surface area contributed by atoms with Crippen LogP contribution in [0.1, 0.15) is 39.3 Å². The first-order chi connectivity index (χ1) is 13.8. The first kappa shape index (κ1) is 20.0. The molecule has 0 bridgehead atoms. The SMILES string of the molecule is O=C(NCc1cccs1)c1cnn2c1N[C@H](c1ccc(Br)cc1)C[C@@H]2C(F)(F)F. The number of benzene rings is 1. The van der Waals surface area contributed by atoms with Crippen molar-refractivity contribution in [2.24, 2.45) is 0 Å². The molecule has 0 saturated heterocycles. The third-order valence-corrected chi connectivity index (χ3v) is 6.16. The van der Waals surface area contributed by atoms with Gasteiger partial charge in [-0.25, -0.2) is 4.68 Å². The Hall–Kier alpha value is -2.33. The number of nitrogens with one attached hydrogen (secondary N) is 2. The summed E-state index contributed by atoms with van der Waals surface area (Å²) in [5.41, 5.74) is 0.803. The summed E-state index contributed by atoms with van der Waals surface area (Å²) in [6, 6.07) is 8.41. The van der Waals surface area contributed by atoms with Gasteiger partial charge in [-0.15, -0.1) is 11.3 Å². The van der Waals surface area contributed by atoms with Gasteiger partial charge in [-0.05, 0) is 29.1 Å². The maximum atomic E-state index is 13.7. The number of thiophene rings is 1. The Balaban J connectivity index is 1.64. The van der Waals surface area contributed by atoms with Crippen molar-refractivity contribution in [3.8, 4) is 0 Å². The Labute approximate surface area is 177 Å². The van der Waals surface area contributed by atoms with Gasteiger partial charge in [0.05, 0.1) is 18.8 Å². The smallest absolute Gasteiger partial charge is 0.363 e. The summed E-state index contributed by atoms with van der Waals surface area (Å²) in [6.07, 6.45) is -3.51. The number of hydrogen-bond acceptors (Lipinski definition) is 4. The molecule has 0 saturated carbocycles. The molecule has 10 heteroatoms. The van der Waals surface area contributed by atoms with Crippen LogP contribution in [0.15, 0.2) is 52.4 Å². The van der Waals surface area contributed by atoms with Gasteiger partial charge in [0.25, 0.3) is 5.91 Å². The highest BCUT2D eigenvalue weighted by Crippen LogP contribution is 2.44. The van der Waals surface area contributed by atoms with Crippen molar-refractivity contribution >= 4 is 39.0 Å². The third kappa shape index (κ3) is 4.18. The topological polar surface area (TPSA) is 59.0 Å². The Morgan fingerprint density at radius 1 is 1.31 bits per heavy atom. The lowest BCUT2D eigenvalue weighted by atomic mass is 9.96. The van der Waals surface area contributed by atoms with Crippen molar-refractivity contribution in [2.75, 3.05) is 5.32 Å². The van der Waals surface area contributed by atoms with E-state index in [9.17, 15) is 18.0 Å². The normalized spacial score (nSPS) is 18.8. The molecule has 152 valence electrons. The Morgan fingerprint density at radius 3 is 2.72 bits per heavy atom. The molecule has 0 unspecified atom stereocenters. The van der Waals surface area contributed by atoms with Crippen LogP contribution < -0.4 is 10.6 Å². The molecule has 3 aromatic rings. The second-order valence-corrected chi connectivity index (χ2v) is 8.60.